The first-order valence-corrected chi connectivity index (χ1v) is 6.63. The van der Waals surface area contributed by atoms with E-state index in [9.17, 15) is 4.91 Å². The first kappa shape index (κ1) is 14.6. The molecule has 1 atom stereocenters. The van der Waals surface area contributed by atoms with E-state index in [0.29, 0.717) is 0 Å². The number of nitroso groups, excluding NO2 is 1. The number of rotatable bonds is 11. The minimum Gasteiger partial charge on any atom is -0.151 e. The zero-order chi connectivity index (χ0) is 11.4. The Bertz CT molecular complexity index is 136. The highest BCUT2D eigenvalue weighted by molar-refractivity contribution is 4.58. The third-order valence-electron chi connectivity index (χ3n) is 2.91. The molecule has 0 aliphatic heterocycles. The van der Waals surface area contributed by atoms with Gasteiger partial charge in [0.05, 0.1) is 6.04 Å². The third-order valence-corrected chi connectivity index (χ3v) is 2.91. The van der Waals surface area contributed by atoms with Crippen molar-refractivity contribution in [1.82, 2.24) is 0 Å². The fourth-order valence-corrected chi connectivity index (χ4v) is 1.80. The average Bonchev–Trinajstić information content (AvgIpc) is 2.26. The van der Waals surface area contributed by atoms with E-state index in [1.165, 1.54) is 57.8 Å². The minimum atomic E-state index is 0.0227. The number of unbranched alkanes of at least 4 members (excludes halogenated alkanes) is 8. The molecule has 90 valence electrons. The summed E-state index contributed by atoms with van der Waals surface area (Å²) in [5.74, 6) is 0. The van der Waals surface area contributed by atoms with Crippen molar-refractivity contribution in [2.75, 3.05) is 0 Å². The van der Waals surface area contributed by atoms with Crippen molar-refractivity contribution in [2.24, 2.45) is 5.18 Å². The molecule has 0 saturated carbocycles. The quantitative estimate of drug-likeness (QED) is 0.348. The largest absolute Gasteiger partial charge is 0.151 e. The molecule has 0 aromatic rings. The minimum absolute atomic E-state index is 0.0227. The van der Waals surface area contributed by atoms with E-state index in [2.05, 4.69) is 12.1 Å². The van der Waals surface area contributed by atoms with Gasteiger partial charge in [-0.3, -0.25) is 0 Å². The zero-order valence-corrected chi connectivity index (χ0v) is 10.5. The van der Waals surface area contributed by atoms with Crippen molar-refractivity contribution >= 4 is 0 Å². The second-order valence-electron chi connectivity index (χ2n) is 4.57. The highest BCUT2D eigenvalue weighted by Gasteiger charge is 1.99. The Hall–Kier alpha value is -0.400. The molecular formula is C13H27NO. The molecule has 0 aromatic carbocycles. The van der Waals surface area contributed by atoms with Gasteiger partial charge in [0.25, 0.3) is 0 Å². The SMILES string of the molecule is CCCCCCCCCCCC(C)N=O. The standard InChI is InChI=1S/C13H27NO/c1-3-4-5-6-7-8-9-10-11-12-13(2)14-15/h13H,3-12H2,1-2H3. The van der Waals surface area contributed by atoms with E-state index in [4.69, 9.17) is 0 Å². The number of hydrogen-bond donors (Lipinski definition) is 0. The Morgan fingerprint density at radius 1 is 0.867 bits per heavy atom. The van der Waals surface area contributed by atoms with Crippen LogP contribution in [0.25, 0.3) is 0 Å². The van der Waals surface area contributed by atoms with Gasteiger partial charge >= 0.3 is 0 Å². The second-order valence-corrected chi connectivity index (χ2v) is 4.57. The Labute approximate surface area is 94.8 Å². The van der Waals surface area contributed by atoms with E-state index in [-0.39, 0.29) is 6.04 Å². The molecule has 0 spiro atoms. The highest BCUT2D eigenvalue weighted by atomic mass is 16.3. The summed E-state index contributed by atoms with van der Waals surface area (Å²) in [7, 11) is 0. The molecule has 2 heteroatoms. The van der Waals surface area contributed by atoms with Crippen LogP contribution in [0, 0.1) is 4.91 Å². The van der Waals surface area contributed by atoms with Gasteiger partial charge in [0.1, 0.15) is 0 Å². The van der Waals surface area contributed by atoms with E-state index in [0.717, 1.165) is 6.42 Å². The molecule has 2 nitrogen and oxygen atoms in total. The monoisotopic (exact) mass is 213 g/mol. The molecule has 0 fully saturated rings. The number of nitrogens with zero attached hydrogens (tertiary/aromatic N) is 1. The van der Waals surface area contributed by atoms with Crippen molar-refractivity contribution in [1.29, 1.82) is 0 Å². The maximum absolute atomic E-state index is 10.1. The lowest BCUT2D eigenvalue weighted by atomic mass is 10.1. The molecular weight excluding hydrogens is 186 g/mol. The summed E-state index contributed by atoms with van der Waals surface area (Å²) in [5, 5.41) is 3.01. The van der Waals surface area contributed by atoms with Gasteiger partial charge in [-0.1, -0.05) is 69.9 Å². The van der Waals surface area contributed by atoms with Crippen LogP contribution in [0.1, 0.15) is 78.1 Å². The summed E-state index contributed by atoms with van der Waals surface area (Å²) in [6.45, 7) is 4.15. The predicted octanol–water partition coefficient (Wildman–Crippen LogP) is 5.06. The predicted molar refractivity (Wildman–Crippen MR) is 67.1 cm³/mol. The Morgan fingerprint density at radius 2 is 1.33 bits per heavy atom. The van der Waals surface area contributed by atoms with Gasteiger partial charge in [0.2, 0.25) is 0 Å². The van der Waals surface area contributed by atoms with Crippen LogP contribution < -0.4 is 0 Å². The maximum atomic E-state index is 10.1. The first-order valence-electron chi connectivity index (χ1n) is 6.63. The molecule has 0 aromatic heterocycles. The molecule has 1 unspecified atom stereocenters. The van der Waals surface area contributed by atoms with Gasteiger partial charge in [-0.15, -0.1) is 0 Å². The smallest absolute Gasteiger partial charge is 0.0891 e. The second kappa shape index (κ2) is 11.7. The van der Waals surface area contributed by atoms with Crippen LogP contribution in [-0.4, -0.2) is 6.04 Å². The fraction of sp³-hybridized carbons (Fsp3) is 1.00. The summed E-state index contributed by atoms with van der Waals surface area (Å²) in [5.41, 5.74) is 0. The molecule has 0 radical (unpaired) electrons. The van der Waals surface area contributed by atoms with Crippen LogP contribution in [0.3, 0.4) is 0 Å². The molecule has 15 heavy (non-hydrogen) atoms. The molecule has 0 aliphatic carbocycles. The maximum Gasteiger partial charge on any atom is 0.0891 e. The average molecular weight is 213 g/mol. The summed E-state index contributed by atoms with van der Waals surface area (Å²) in [6.07, 6.45) is 13.0. The van der Waals surface area contributed by atoms with Gasteiger partial charge in [-0.2, -0.15) is 4.91 Å². The third kappa shape index (κ3) is 11.5. The van der Waals surface area contributed by atoms with E-state index < -0.39 is 0 Å². The van der Waals surface area contributed by atoms with Crippen molar-refractivity contribution in [3.05, 3.63) is 4.91 Å². The summed E-state index contributed by atoms with van der Waals surface area (Å²) in [6, 6.07) is 0.0227. The van der Waals surface area contributed by atoms with Crippen LogP contribution in [-0.2, 0) is 0 Å². The highest BCUT2D eigenvalue weighted by Crippen LogP contribution is 2.11. The van der Waals surface area contributed by atoms with Crippen molar-refractivity contribution in [3.8, 4) is 0 Å². The van der Waals surface area contributed by atoms with Crippen LogP contribution >= 0.6 is 0 Å². The Morgan fingerprint density at radius 3 is 1.80 bits per heavy atom. The van der Waals surface area contributed by atoms with Crippen LogP contribution in [0.15, 0.2) is 5.18 Å². The van der Waals surface area contributed by atoms with Crippen molar-refractivity contribution in [3.63, 3.8) is 0 Å². The summed E-state index contributed by atoms with van der Waals surface area (Å²) >= 11 is 0. The van der Waals surface area contributed by atoms with Crippen LogP contribution in [0.5, 0.6) is 0 Å². The molecule has 0 N–H and O–H groups in total. The van der Waals surface area contributed by atoms with Gasteiger partial charge in [0, 0.05) is 0 Å². The van der Waals surface area contributed by atoms with Gasteiger partial charge < -0.3 is 0 Å². The van der Waals surface area contributed by atoms with Crippen LogP contribution in [0.4, 0.5) is 0 Å². The van der Waals surface area contributed by atoms with Gasteiger partial charge in [-0.05, 0) is 13.3 Å². The molecule has 0 saturated heterocycles. The van der Waals surface area contributed by atoms with Gasteiger partial charge in [-0.25, -0.2) is 0 Å². The molecule has 0 bridgehead atoms. The van der Waals surface area contributed by atoms with Gasteiger partial charge in [0.15, 0.2) is 0 Å². The molecule has 0 rings (SSSR count). The Kier molecular flexibility index (Phi) is 11.4. The lowest BCUT2D eigenvalue weighted by Crippen LogP contribution is -1.95. The van der Waals surface area contributed by atoms with Crippen molar-refractivity contribution in [2.45, 2.75) is 84.1 Å². The molecule has 0 aliphatic rings. The Balaban J connectivity index is 2.95. The lowest BCUT2D eigenvalue weighted by Gasteiger charge is -2.03. The summed E-state index contributed by atoms with van der Waals surface area (Å²) < 4.78 is 0. The van der Waals surface area contributed by atoms with E-state index in [1.54, 1.807) is 0 Å². The van der Waals surface area contributed by atoms with Crippen molar-refractivity contribution < 1.29 is 0 Å². The fourth-order valence-electron chi connectivity index (χ4n) is 1.80. The van der Waals surface area contributed by atoms with E-state index >= 15 is 0 Å². The molecule has 0 heterocycles. The molecule has 0 amide bonds. The summed E-state index contributed by atoms with van der Waals surface area (Å²) in [4.78, 5) is 10.1. The zero-order valence-electron chi connectivity index (χ0n) is 10.5. The van der Waals surface area contributed by atoms with Crippen LogP contribution in [0.2, 0.25) is 0 Å². The number of hydrogen-bond acceptors (Lipinski definition) is 2. The normalized spacial score (nSPS) is 12.7. The lowest BCUT2D eigenvalue weighted by molar-refractivity contribution is 0.536. The topological polar surface area (TPSA) is 29.4 Å². The van der Waals surface area contributed by atoms with E-state index in [1.807, 2.05) is 6.92 Å². The first-order chi connectivity index (χ1) is 7.31.